The lowest BCUT2D eigenvalue weighted by Gasteiger charge is -2.32. The Labute approximate surface area is 156 Å². The zero-order valence-corrected chi connectivity index (χ0v) is 16.6. The number of ether oxygens (including phenoxy) is 1. The van der Waals surface area contributed by atoms with Gasteiger partial charge in [-0.3, -0.25) is 4.79 Å². The van der Waals surface area contributed by atoms with Crippen molar-refractivity contribution in [1.29, 1.82) is 0 Å². The monoisotopic (exact) mass is 380 g/mol. The van der Waals surface area contributed by atoms with Crippen LogP contribution in [-0.2, 0) is 14.8 Å². The molecule has 0 N–H and O–H groups in total. The molecule has 0 bridgehead atoms. The van der Waals surface area contributed by atoms with Gasteiger partial charge in [0.05, 0.1) is 12.0 Å². The van der Waals surface area contributed by atoms with Crippen molar-refractivity contribution in [3.05, 3.63) is 23.3 Å². The normalized spacial score (nSPS) is 19.7. The van der Waals surface area contributed by atoms with Crippen molar-refractivity contribution in [3.8, 4) is 5.75 Å². The summed E-state index contributed by atoms with van der Waals surface area (Å²) in [4.78, 5) is 14.8. The van der Waals surface area contributed by atoms with Gasteiger partial charge in [-0.15, -0.1) is 0 Å². The molecule has 0 spiro atoms. The summed E-state index contributed by atoms with van der Waals surface area (Å²) in [6.07, 6.45) is 3.36. The van der Waals surface area contributed by atoms with E-state index in [4.69, 9.17) is 4.74 Å². The molecule has 0 radical (unpaired) electrons. The highest BCUT2D eigenvalue weighted by Crippen LogP contribution is 2.30. The standard InChI is InChI=1S/C19H28N2O4S/c1-14-13-18(15(2)12-17(14)25-3)26(23,24)21-10-6-16(7-11-21)19(22)20-8-4-5-9-20/h12-13,16H,4-11H2,1-3H3. The van der Waals surface area contributed by atoms with Crippen LogP contribution in [0.15, 0.2) is 17.0 Å². The first kappa shape index (κ1) is 19.2. The molecule has 2 aliphatic heterocycles. The Morgan fingerprint density at radius 3 is 2.23 bits per heavy atom. The van der Waals surface area contributed by atoms with Gasteiger partial charge in [0.2, 0.25) is 15.9 Å². The minimum Gasteiger partial charge on any atom is -0.496 e. The molecule has 7 heteroatoms. The van der Waals surface area contributed by atoms with Crippen molar-refractivity contribution in [1.82, 2.24) is 9.21 Å². The molecular weight excluding hydrogens is 352 g/mol. The van der Waals surface area contributed by atoms with Crippen LogP contribution in [0.2, 0.25) is 0 Å². The average molecular weight is 381 g/mol. The van der Waals surface area contributed by atoms with Gasteiger partial charge in [0.25, 0.3) is 0 Å². The van der Waals surface area contributed by atoms with Crippen molar-refractivity contribution in [3.63, 3.8) is 0 Å². The van der Waals surface area contributed by atoms with Crippen molar-refractivity contribution in [2.45, 2.75) is 44.4 Å². The van der Waals surface area contributed by atoms with Gasteiger partial charge in [-0.1, -0.05) is 0 Å². The SMILES string of the molecule is COc1cc(C)c(S(=O)(=O)N2CCC(C(=O)N3CCCC3)CC2)cc1C. The van der Waals surface area contributed by atoms with E-state index in [0.717, 1.165) is 31.5 Å². The Balaban J connectivity index is 1.72. The second-order valence-corrected chi connectivity index (χ2v) is 9.20. The molecule has 2 fully saturated rings. The molecule has 0 aromatic heterocycles. The van der Waals surface area contributed by atoms with E-state index in [1.807, 2.05) is 11.8 Å². The van der Waals surface area contributed by atoms with Gasteiger partial charge < -0.3 is 9.64 Å². The van der Waals surface area contributed by atoms with Crippen molar-refractivity contribution in [2.75, 3.05) is 33.3 Å². The molecule has 2 aliphatic rings. The van der Waals surface area contributed by atoms with Crippen LogP contribution in [0.1, 0.15) is 36.8 Å². The number of hydrogen-bond donors (Lipinski definition) is 0. The van der Waals surface area contributed by atoms with Crippen LogP contribution in [0.25, 0.3) is 0 Å². The highest BCUT2D eigenvalue weighted by molar-refractivity contribution is 7.89. The molecule has 1 amide bonds. The lowest BCUT2D eigenvalue weighted by atomic mass is 9.97. The predicted molar refractivity (Wildman–Crippen MR) is 99.8 cm³/mol. The third kappa shape index (κ3) is 3.60. The quantitative estimate of drug-likeness (QED) is 0.804. The van der Waals surface area contributed by atoms with Crippen LogP contribution >= 0.6 is 0 Å². The van der Waals surface area contributed by atoms with Crippen molar-refractivity contribution < 1.29 is 17.9 Å². The maximum absolute atomic E-state index is 13.1. The predicted octanol–water partition coefficient (Wildman–Crippen LogP) is 2.34. The Morgan fingerprint density at radius 2 is 1.65 bits per heavy atom. The summed E-state index contributed by atoms with van der Waals surface area (Å²) < 4.78 is 33.0. The van der Waals surface area contributed by atoms with Crippen LogP contribution in [0.5, 0.6) is 5.75 Å². The van der Waals surface area contributed by atoms with Gasteiger partial charge in [0, 0.05) is 32.1 Å². The number of sulfonamides is 1. The van der Waals surface area contributed by atoms with E-state index < -0.39 is 10.0 Å². The number of nitrogens with zero attached hydrogens (tertiary/aromatic N) is 2. The van der Waals surface area contributed by atoms with E-state index >= 15 is 0 Å². The molecule has 0 atom stereocenters. The summed E-state index contributed by atoms with van der Waals surface area (Å²) in [5, 5.41) is 0. The summed E-state index contributed by atoms with van der Waals surface area (Å²) in [5.41, 5.74) is 1.48. The Bertz CT molecular complexity index is 777. The van der Waals surface area contributed by atoms with Crippen LogP contribution in [-0.4, -0.2) is 56.8 Å². The number of hydrogen-bond acceptors (Lipinski definition) is 4. The average Bonchev–Trinajstić information content (AvgIpc) is 3.17. The fraction of sp³-hybridized carbons (Fsp3) is 0.632. The van der Waals surface area contributed by atoms with Gasteiger partial charge in [0.15, 0.2) is 0 Å². The second kappa shape index (κ2) is 7.56. The van der Waals surface area contributed by atoms with Crippen molar-refractivity contribution >= 4 is 15.9 Å². The number of methoxy groups -OCH3 is 1. The molecule has 0 unspecified atom stereocenters. The summed E-state index contributed by atoms with van der Waals surface area (Å²) in [5.74, 6) is 0.852. The number of amides is 1. The fourth-order valence-electron chi connectivity index (χ4n) is 3.94. The highest BCUT2D eigenvalue weighted by Gasteiger charge is 2.35. The topological polar surface area (TPSA) is 66.9 Å². The molecule has 26 heavy (non-hydrogen) atoms. The number of aryl methyl sites for hydroxylation is 2. The first-order valence-corrected chi connectivity index (χ1v) is 10.7. The maximum Gasteiger partial charge on any atom is 0.243 e. The minimum atomic E-state index is -3.56. The smallest absolute Gasteiger partial charge is 0.243 e. The van der Waals surface area contributed by atoms with Crippen LogP contribution < -0.4 is 4.74 Å². The third-order valence-corrected chi connectivity index (χ3v) is 7.57. The van der Waals surface area contributed by atoms with Crippen LogP contribution in [0, 0.1) is 19.8 Å². The molecule has 2 saturated heterocycles. The zero-order chi connectivity index (χ0) is 18.9. The second-order valence-electron chi connectivity index (χ2n) is 7.30. The summed E-state index contributed by atoms with van der Waals surface area (Å²) in [6.45, 7) is 6.13. The number of benzene rings is 1. The number of likely N-dealkylation sites (tertiary alicyclic amines) is 1. The summed E-state index contributed by atoms with van der Waals surface area (Å²) in [6, 6.07) is 3.46. The summed E-state index contributed by atoms with van der Waals surface area (Å²) >= 11 is 0. The van der Waals surface area contributed by atoms with Gasteiger partial charge >= 0.3 is 0 Å². The van der Waals surface area contributed by atoms with E-state index in [2.05, 4.69) is 0 Å². The maximum atomic E-state index is 13.1. The van der Waals surface area contributed by atoms with E-state index in [0.29, 0.717) is 42.1 Å². The Hall–Kier alpha value is -1.60. The molecule has 144 valence electrons. The molecule has 1 aromatic rings. The van der Waals surface area contributed by atoms with E-state index in [-0.39, 0.29) is 11.8 Å². The van der Waals surface area contributed by atoms with E-state index in [1.54, 1.807) is 26.2 Å². The number of piperidine rings is 1. The Morgan fingerprint density at radius 1 is 1.04 bits per heavy atom. The lowest BCUT2D eigenvalue weighted by molar-refractivity contribution is -0.135. The van der Waals surface area contributed by atoms with E-state index in [1.165, 1.54) is 4.31 Å². The largest absolute Gasteiger partial charge is 0.496 e. The first-order valence-electron chi connectivity index (χ1n) is 9.28. The molecule has 6 nitrogen and oxygen atoms in total. The minimum absolute atomic E-state index is 0.0433. The summed E-state index contributed by atoms with van der Waals surface area (Å²) in [7, 11) is -1.97. The van der Waals surface area contributed by atoms with E-state index in [9.17, 15) is 13.2 Å². The molecular formula is C19H28N2O4S. The van der Waals surface area contributed by atoms with Crippen molar-refractivity contribution in [2.24, 2.45) is 5.92 Å². The molecule has 3 rings (SSSR count). The van der Waals surface area contributed by atoms with Crippen LogP contribution in [0.3, 0.4) is 0 Å². The highest BCUT2D eigenvalue weighted by atomic mass is 32.2. The van der Waals surface area contributed by atoms with Gasteiger partial charge in [-0.2, -0.15) is 4.31 Å². The fourth-order valence-corrected chi connectivity index (χ4v) is 5.70. The molecule has 1 aromatic carbocycles. The first-order chi connectivity index (χ1) is 12.3. The number of rotatable bonds is 4. The third-order valence-electron chi connectivity index (χ3n) is 5.53. The Kier molecular flexibility index (Phi) is 5.58. The molecule has 2 heterocycles. The van der Waals surface area contributed by atoms with Gasteiger partial charge in [0.1, 0.15) is 5.75 Å². The van der Waals surface area contributed by atoms with Crippen LogP contribution in [0.4, 0.5) is 0 Å². The molecule has 0 saturated carbocycles. The number of carbonyl (C=O) groups excluding carboxylic acids is 1. The van der Waals surface area contributed by atoms with Gasteiger partial charge in [-0.05, 0) is 62.8 Å². The van der Waals surface area contributed by atoms with Gasteiger partial charge in [-0.25, -0.2) is 8.42 Å². The lowest BCUT2D eigenvalue weighted by Crippen LogP contribution is -2.43. The zero-order valence-electron chi connectivity index (χ0n) is 15.8. The number of carbonyl (C=O) groups is 1. The molecule has 0 aliphatic carbocycles.